The molecule has 5 heteroatoms. The van der Waals surface area contributed by atoms with Crippen molar-refractivity contribution in [1.29, 1.82) is 0 Å². The normalized spacial score (nSPS) is 27.8. The number of Topliss-reactive ketones (excluding diaryl/α,β-unsaturated/α-hetero) is 1. The maximum atomic E-state index is 13.1. The van der Waals surface area contributed by atoms with Gasteiger partial charge in [-0.15, -0.1) is 0 Å². The summed E-state index contributed by atoms with van der Waals surface area (Å²) in [6.45, 7) is 4.08. The zero-order valence-corrected chi connectivity index (χ0v) is 14.1. The van der Waals surface area contributed by atoms with Gasteiger partial charge in [0.2, 0.25) is 5.91 Å². The number of methoxy groups -OCH3 is 2. The van der Waals surface area contributed by atoms with E-state index in [0.717, 1.165) is 6.42 Å². The van der Waals surface area contributed by atoms with Gasteiger partial charge in [-0.2, -0.15) is 0 Å². The first kappa shape index (κ1) is 15.8. The first-order valence-electron chi connectivity index (χ1n) is 7.93. The Morgan fingerprint density at radius 2 is 2.00 bits per heavy atom. The van der Waals surface area contributed by atoms with E-state index >= 15 is 0 Å². The quantitative estimate of drug-likeness (QED) is 0.867. The lowest BCUT2D eigenvalue weighted by atomic mass is 9.68. The molecule has 0 aliphatic heterocycles. The third-order valence-corrected chi connectivity index (χ3v) is 5.94. The summed E-state index contributed by atoms with van der Waals surface area (Å²) in [7, 11) is 3.11. The summed E-state index contributed by atoms with van der Waals surface area (Å²) in [6, 6.07) is 5.22. The van der Waals surface area contributed by atoms with E-state index in [1.807, 2.05) is 13.8 Å². The van der Waals surface area contributed by atoms with Crippen molar-refractivity contribution >= 4 is 17.4 Å². The summed E-state index contributed by atoms with van der Waals surface area (Å²) in [6.07, 6.45) is 2.07. The standard InChI is InChI=1S/C18H23NO4/c1-17(2)11-7-8-18(17,15(20)9-11)16(21)19-13-10-12(22-3)5-6-14(13)23-4/h5-6,10-11H,7-9H2,1-4H3,(H,19,21). The van der Waals surface area contributed by atoms with Gasteiger partial charge in [0.05, 0.1) is 19.9 Å². The third kappa shape index (κ3) is 2.06. The number of carbonyl (C=O) groups excluding carboxylic acids is 2. The Labute approximate surface area is 136 Å². The Hall–Kier alpha value is -2.04. The molecule has 1 N–H and O–H groups in total. The lowest BCUT2D eigenvalue weighted by Gasteiger charge is -2.35. The van der Waals surface area contributed by atoms with E-state index in [0.29, 0.717) is 35.9 Å². The first-order valence-corrected chi connectivity index (χ1v) is 7.93. The van der Waals surface area contributed by atoms with Gasteiger partial charge in [0.25, 0.3) is 0 Å². The van der Waals surface area contributed by atoms with Crippen LogP contribution in [0.4, 0.5) is 5.69 Å². The van der Waals surface area contributed by atoms with Crippen LogP contribution >= 0.6 is 0 Å². The van der Waals surface area contributed by atoms with Crippen molar-refractivity contribution in [3.63, 3.8) is 0 Å². The van der Waals surface area contributed by atoms with Gasteiger partial charge in [0, 0.05) is 12.5 Å². The highest BCUT2D eigenvalue weighted by Crippen LogP contribution is 2.64. The van der Waals surface area contributed by atoms with Crippen molar-refractivity contribution in [2.45, 2.75) is 33.1 Å². The van der Waals surface area contributed by atoms with E-state index in [1.165, 1.54) is 0 Å². The molecule has 2 fully saturated rings. The summed E-state index contributed by atoms with van der Waals surface area (Å²) in [4.78, 5) is 25.6. The minimum Gasteiger partial charge on any atom is -0.497 e. The summed E-state index contributed by atoms with van der Waals surface area (Å²) in [5, 5.41) is 2.92. The maximum absolute atomic E-state index is 13.1. The van der Waals surface area contributed by atoms with Crippen molar-refractivity contribution in [1.82, 2.24) is 0 Å². The summed E-state index contributed by atoms with van der Waals surface area (Å²) in [5.74, 6) is 1.32. The number of ether oxygens (including phenoxy) is 2. The van der Waals surface area contributed by atoms with Gasteiger partial charge in [-0.3, -0.25) is 9.59 Å². The van der Waals surface area contributed by atoms with Crippen LogP contribution in [0.5, 0.6) is 11.5 Å². The van der Waals surface area contributed by atoms with Crippen molar-refractivity contribution in [3.8, 4) is 11.5 Å². The zero-order chi connectivity index (χ0) is 16.8. The third-order valence-electron chi connectivity index (χ3n) is 5.94. The van der Waals surface area contributed by atoms with Gasteiger partial charge in [-0.25, -0.2) is 0 Å². The largest absolute Gasteiger partial charge is 0.497 e. The number of anilines is 1. The van der Waals surface area contributed by atoms with Gasteiger partial charge in [0.15, 0.2) is 0 Å². The first-order chi connectivity index (χ1) is 10.9. The summed E-state index contributed by atoms with van der Waals surface area (Å²) >= 11 is 0. The Morgan fingerprint density at radius 3 is 2.52 bits per heavy atom. The van der Waals surface area contributed by atoms with Crippen LogP contribution < -0.4 is 14.8 Å². The molecule has 0 radical (unpaired) electrons. The molecule has 3 rings (SSSR count). The second-order valence-corrected chi connectivity index (χ2v) is 7.01. The van der Waals surface area contributed by atoms with Crippen LogP contribution in [0.1, 0.15) is 33.1 Å². The van der Waals surface area contributed by atoms with Gasteiger partial charge in [-0.05, 0) is 36.3 Å². The van der Waals surface area contributed by atoms with Crippen LogP contribution in [0.25, 0.3) is 0 Å². The second kappa shape index (κ2) is 5.25. The zero-order valence-electron chi connectivity index (χ0n) is 14.1. The van der Waals surface area contributed by atoms with Crippen molar-refractivity contribution < 1.29 is 19.1 Å². The number of nitrogens with one attached hydrogen (secondary N) is 1. The molecule has 1 aromatic carbocycles. The number of carbonyl (C=O) groups is 2. The average Bonchev–Trinajstić information content (AvgIpc) is 2.90. The summed E-state index contributed by atoms with van der Waals surface area (Å²) in [5.41, 5.74) is -0.698. The van der Waals surface area contributed by atoms with E-state index in [4.69, 9.17) is 9.47 Å². The molecule has 2 atom stereocenters. The van der Waals surface area contributed by atoms with E-state index in [2.05, 4.69) is 5.32 Å². The van der Waals surface area contributed by atoms with Crippen molar-refractivity contribution in [2.24, 2.45) is 16.7 Å². The maximum Gasteiger partial charge on any atom is 0.238 e. The number of amides is 1. The van der Waals surface area contributed by atoms with Crippen LogP contribution in [0.2, 0.25) is 0 Å². The molecular formula is C18H23NO4. The number of fused-ring (bicyclic) bond motifs is 2. The lowest BCUT2D eigenvalue weighted by Crippen LogP contribution is -2.46. The fourth-order valence-corrected chi connectivity index (χ4v) is 4.35. The topological polar surface area (TPSA) is 64.6 Å². The van der Waals surface area contributed by atoms with Gasteiger partial charge in [-0.1, -0.05) is 13.8 Å². The molecule has 0 aromatic heterocycles. The van der Waals surface area contributed by atoms with Crippen LogP contribution in [-0.4, -0.2) is 25.9 Å². The number of hydrogen-bond acceptors (Lipinski definition) is 4. The number of benzene rings is 1. The second-order valence-electron chi connectivity index (χ2n) is 7.01. The van der Waals surface area contributed by atoms with E-state index in [9.17, 15) is 9.59 Å². The predicted molar refractivity (Wildman–Crippen MR) is 86.7 cm³/mol. The average molecular weight is 317 g/mol. The fraction of sp³-hybridized carbons (Fsp3) is 0.556. The van der Waals surface area contributed by atoms with Gasteiger partial charge < -0.3 is 14.8 Å². The molecule has 0 saturated heterocycles. The smallest absolute Gasteiger partial charge is 0.238 e. The monoisotopic (exact) mass is 317 g/mol. The molecule has 1 aromatic rings. The molecular weight excluding hydrogens is 294 g/mol. The van der Waals surface area contributed by atoms with Crippen LogP contribution in [0.15, 0.2) is 18.2 Å². The molecule has 124 valence electrons. The van der Waals surface area contributed by atoms with Crippen molar-refractivity contribution in [3.05, 3.63) is 18.2 Å². The highest BCUT2D eigenvalue weighted by atomic mass is 16.5. The predicted octanol–water partition coefficient (Wildman–Crippen LogP) is 3.04. The Balaban J connectivity index is 1.95. The lowest BCUT2D eigenvalue weighted by molar-refractivity contribution is -0.141. The molecule has 2 unspecified atom stereocenters. The Kier molecular flexibility index (Phi) is 3.62. The van der Waals surface area contributed by atoms with Gasteiger partial charge in [0.1, 0.15) is 22.7 Å². The van der Waals surface area contributed by atoms with E-state index < -0.39 is 5.41 Å². The molecule has 0 spiro atoms. The van der Waals surface area contributed by atoms with Crippen LogP contribution in [-0.2, 0) is 9.59 Å². The number of ketones is 1. The molecule has 2 aliphatic rings. The highest BCUT2D eigenvalue weighted by molar-refractivity contribution is 6.14. The number of rotatable bonds is 4. The van der Waals surface area contributed by atoms with E-state index in [-0.39, 0.29) is 17.1 Å². The summed E-state index contributed by atoms with van der Waals surface area (Å²) < 4.78 is 10.5. The SMILES string of the molecule is COc1ccc(OC)c(NC(=O)C23CCC(CC2=O)C3(C)C)c1. The minimum atomic E-state index is -0.925. The fourth-order valence-electron chi connectivity index (χ4n) is 4.35. The highest BCUT2D eigenvalue weighted by Gasteiger charge is 2.68. The van der Waals surface area contributed by atoms with Gasteiger partial charge >= 0.3 is 0 Å². The number of hydrogen-bond donors (Lipinski definition) is 1. The van der Waals surface area contributed by atoms with Crippen molar-refractivity contribution in [2.75, 3.05) is 19.5 Å². The molecule has 0 heterocycles. The molecule has 23 heavy (non-hydrogen) atoms. The molecule has 2 aliphatic carbocycles. The molecule has 1 amide bonds. The molecule has 2 saturated carbocycles. The minimum absolute atomic E-state index is 0.0677. The van der Waals surface area contributed by atoms with E-state index in [1.54, 1.807) is 32.4 Å². The Bertz CT molecular complexity index is 667. The van der Waals surface area contributed by atoms with Crippen LogP contribution in [0, 0.1) is 16.7 Å². The molecule has 2 bridgehead atoms. The van der Waals surface area contributed by atoms with Crippen LogP contribution in [0.3, 0.4) is 0 Å². The molecule has 5 nitrogen and oxygen atoms in total. The Morgan fingerprint density at radius 1 is 1.26 bits per heavy atom.